The molecule has 94 valence electrons. The van der Waals surface area contributed by atoms with Crippen molar-refractivity contribution in [2.75, 3.05) is 13.2 Å². The van der Waals surface area contributed by atoms with Crippen LogP contribution in [0.5, 0.6) is 0 Å². The lowest BCUT2D eigenvalue weighted by Gasteiger charge is -2.28. The molecule has 1 saturated heterocycles. The Morgan fingerprint density at radius 3 is 2.82 bits per heavy atom. The van der Waals surface area contributed by atoms with Gasteiger partial charge in [0, 0.05) is 32.0 Å². The van der Waals surface area contributed by atoms with Gasteiger partial charge in [-0.05, 0) is 44.2 Å². The van der Waals surface area contributed by atoms with E-state index in [2.05, 4.69) is 36.3 Å². The van der Waals surface area contributed by atoms with Crippen molar-refractivity contribution in [1.82, 2.24) is 10.3 Å². The molecule has 0 spiro atoms. The van der Waals surface area contributed by atoms with Gasteiger partial charge in [-0.1, -0.05) is 6.07 Å². The lowest BCUT2D eigenvalue weighted by Crippen LogP contribution is -2.36. The van der Waals surface area contributed by atoms with Crippen LogP contribution >= 0.6 is 0 Å². The molecule has 1 aromatic heterocycles. The Balaban J connectivity index is 1.78. The third kappa shape index (κ3) is 3.79. The van der Waals surface area contributed by atoms with Crippen molar-refractivity contribution in [1.29, 1.82) is 0 Å². The molecule has 0 aliphatic carbocycles. The predicted octanol–water partition coefficient (Wildman–Crippen LogP) is 2.29. The summed E-state index contributed by atoms with van der Waals surface area (Å²) in [5.41, 5.74) is 2.33. The van der Waals surface area contributed by atoms with Gasteiger partial charge in [-0.15, -0.1) is 0 Å². The second kappa shape index (κ2) is 6.12. The number of aryl methyl sites for hydroxylation is 1. The van der Waals surface area contributed by atoms with Gasteiger partial charge in [-0.3, -0.25) is 4.98 Å². The summed E-state index contributed by atoms with van der Waals surface area (Å²) in [5, 5.41) is 3.57. The van der Waals surface area contributed by atoms with E-state index in [0.29, 0.717) is 6.04 Å². The van der Waals surface area contributed by atoms with Gasteiger partial charge in [0.15, 0.2) is 0 Å². The summed E-state index contributed by atoms with van der Waals surface area (Å²) in [5.74, 6) is 0.745. The fraction of sp³-hybridized carbons (Fsp3) is 0.643. The maximum atomic E-state index is 5.39. The van der Waals surface area contributed by atoms with Crippen LogP contribution in [0.4, 0.5) is 0 Å². The van der Waals surface area contributed by atoms with Crippen LogP contribution in [0, 0.1) is 12.8 Å². The number of pyridine rings is 1. The average Bonchev–Trinajstić information content (AvgIpc) is 2.39. The Hall–Kier alpha value is -0.930. The maximum absolute atomic E-state index is 5.39. The quantitative estimate of drug-likeness (QED) is 0.868. The molecule has 1 aliphatic heterocycles. The molecule has 17 heavy (non-hydrogen) atoms. The van der Waals surface area contributed by atoms with Crippen LogP contribution in [0.2, 0.25) is 0 Å². The standard InChI is InChI=1S/C14H22N2O/c1-11-3-4-14(16-9-11)10-15-12(2)13-5-7-17-8-6-13/h3-4,9,12-13,15H,5-8,10H2,1-2H3. The summed E-state index contributed by atoms with van der Waals surface area (Å²) >= 11 is 0. The molecule has 0 radical (unpaired) electrons. The van der Waals surface area contributed by atoms with Crippen LogP contribution in [0.3, 0.4) is 0 Å². The largest absolute Gasteiger partial charge is 0.381 e. The lowest BCUT2D eigenvalue weighted by molar-refractivity contribution is 0.0557. The molecule has 3 heteroatoms. The zero-order chi connectivity index (χ0) is 12.1. The van der Waals surface area contributed by atoms with Gasteiger partial charge in [0.25, 0.3) is 0 Å². The van der Waals surface area contributed by atoms with Crippen LogP contribution in [-0.4, -0.2) is 24.2 Å². The van der Waals surface area contributed by atoms with Gasteiger partial charge in [-0.2, -0.15) is 0 Å². The average molecular weight is 234 g/mol. The first-order chi connectivity index (χ1) is 8.25. The Kier molecular flexibility index (Phi) is 4.51. The SMILES string of the molecule is Cc1ccc(CNC(C)C2CCOCC2)nc1. The maximum Gasteiger partial charge on any atom is 0.0541 e. The van der Waals surface area contributed by atoms with E-state index in [1.54, 1.807) is 0 Å². The van der Waals surface area contributed by atoms with E-state index in [1.807, 2.05) is 6.20 Å². The van der Waals surface area contributed by atoms with E-state index in [9.17, 15) is 0 Å². The first-order valence-electron chi connectivity index (χ1n) is 6.48. The number of aromatic nitrogens is 1. The van der Waals surface area contributed by atoms with Gasteiger partial charge in [0.2, 0.25) is 0 Å². The van der Waals surface area contributed by atoms with Crippen molar-refractivity contribution in [2.24, 2.45) is 5.92 Å². The highest BCUT2D eigenvalue weighted by atomic mass is 16.5. The van der Waals surface area contributed by atoms with E-state index in [1.165, 1.54) is 18.4 Å². The predicted molar refractivity (Wildman–Crippen MR) is 68.8 cm³/mol. The topological polar surface area (TPSA) is 34.1 Å². The molecule has 2 heterocycles. The Bertz CT molecular complexity index is 331. The van der Waals surface area contributed by atoms with Gasteiger partial charge in [0.1, 0.15) is 0 Å². The second-order valence-corrected chi connectivity index (χ2v) is 4.95. The minimum atomic E-state index is 0.544. The van der Waals surface area contributed by atoms with Crippen LogP contribution < -0.4 is 5.32 Å². The lowest BCUT2D eigenvalue weighted by atomic mass is 9.93. The Labute approximate surface area is 104 Å². The number of nitrogens with zero attached hydrogens (tertiary/aromatic N) is 1. The van der Waals surface area contributed by atoms with Gasteiger partial charge in [-0.25, -0.2) is 0 Å². The van der Waals surface area contributed by atoms with Crippen LogP contribution in [0.25, 0.3) is 0 Å². The molecular formula is C14H22N2O. The minimum Gasteiger partial charge on any atom is -0.381 e. The number of hydrogen-bond acceptors (Lipinski definition) is 3. The van der Waals surface area contributed by atoms with E-state index < -0.39 is 0 Å². The molecule has 1 fully saturated rings. The molecule has 0 saturated carbocycles. The summed E-state index contributed by atoms with van der Waals surface area (Å²) in [6.07, 6.45) is 4.28. The fourth-order valence-corrected chi connectivity index (χ4v) is 2.25. The summed E-state index contributed by atoms with van der Waals surface area (Å²) in [6.45, 7) is 7.02. The molecular weight excluding hydrogens is 212 g/mol. The normalized spacial score (nSPS) is 19.2. The minimum absolute atomic E-state index is 0.544. The third-order valence-corrected chi connectivity index (χ3v) is 3.55. The second-order valence-electron chi connectivity index (χ2n) is 4.95. The van der Waals surface area contributed by atoms with Crippen molar-refractivity contribution in [3.8, 4) is 0 Å². The zero-order valence-corrected chi connectivity index (χ0v) is 10.8. The molecule has 3 nitrogen and oxygen atoms in total. The fourth-order valence-electron chi connectivity index (χ4n) is 2.25. The number of hydrogen-bond donors (Lipinski definition) is 1. The number of ether oxygens (including phenoxy) is 1. The molecule has 1 atom stereocenters. The Morgan fingerprint density at radius 2 is 2.18 bits per heavy atom. The number of rotatable bonds is 4. The first-order valence-corrected chi connectivity index (χ1v) is 6.48. The first kappa shape index (κ1) is 12.5. The van der Waals surface area contributed by atoms with Crippen molar-refractivity contribution in [3.63, 3.8) is 0 Å². The van der Waals surface area contributed by atoms with E-state index >= 15 is 0 Å². The molecule has 0 amide bonds. The molecule has 0 aromatic carbocycles. The van der Waals surface area contributed by atoms with Gasteiger partial charge < -0.3 is 10.1 Å². The van der Waals surface area contributed by atoms with E-state index in [-0.39, 0.29) is 0 Å². The molecule has 1 unspecified atom stereocenters. The van der Waals surface area contributed by atoms with Crippen LogP contribution in [-0.2, 0) is 11.3 Å². The van der Waals surface area contributed by atoms with E-state index in [4.69, 9.17) is 4.74 Å². The zero-order valence-electron chi connectivity index (χ0n) is 10.8. The van der Waals surface area contributed by atoms with Crippen molar-refractivity contribution >= 4 is 0 Å². The highest BCUT2D eigenvalue weighted by Gasteiger charge is 2.19. The summed E-state index contributed by atoms with van der Waals surface area (Å²) in [6, 6.07) is 4.75. The smallest absolute Gasteiger partial charge is 0.0541 e. The van der Waals surface area contributed by atoms with Gasteiger partial charge in [0.05, 0.1) is 5.69 Å². The molecule has 1 N–H and O–H groups in total. The highest BCUT2D eigenvalue weighted by Crippen LogP contribution is 2.18. The summed E-state index contributed by atoms with van der Waals surface area (Å²) in [7, 11) is 0. The van der Waals surface area contributed by atoms with E-state index in [0.717, 1.165) is 31.4 Å². The highest BCUT2D eigenvalue weighted by molar-refractivity contribution is 5.12. The monoisotopic (exact) mass is 234 g/mol. The summed E-state index contributed by atoms with van der Waals surface area (Å²) in [4.78, 5) is 4.41. The van der Waals surface area contributed by atoms with Gasteiger partial charge >= 0.3 is 0 Å². The van der Waals surface area contributed by atoms with Crippen LogP contribution in [0.15, 0.2) is 18.3 Å². The summed E-state index contributed by atoms with van der Waals surface area (Å²) < 4.78 is 5.39. The molecule has 0 bridgehead atoms. The number of nitrogens with one attached hydrogen (secondary N) is 1. The van der Waals surface area contributed by atoms with Crippen molar-refractivity contribution in [3.05, 3.63) is 29.6 Å². The molecule has 2 rings (SSSR count). The Morgan fingerprint density at radius 1 is 1.41 bits per heavy atom. The molecule has 1 aliphatic rings. The third-order valence-electron chi connectivity index (χ3n) is 3.55. The van der Waals surface area contributed by atoms with Crippen molar-refractivity contribution < 1.29 is 4.74 Å². The van der Waals surface area contributed by atoms with Crippen molar-refractivity contribution in [2.45, 2.75) is 39.3 Å². The molecule has 1 aromatic rings. The van der Waals surface area contributed by atoms with Crippen LogP contribution in [0.1, 0.15) is 31.0 Å².